The molecule has 0 radical (unpaired) electrons. The third-order valence-electron chi connectivity index (χ3n) is 4.67. The molecule has 1 saturated carbocycles. The Labute approximate surface area is 140 Å². The predicted molar refractivity (Wildman–Crippen MR) is 89.8 cm³/mol. The van der Waals surface area contributed by atoms with E-state index in [0.29, 0.717) is 23.9 Å². The minimum atomic E-state index is -0.0844. The first-order valence-corrected chi connectivity index (χ1v) is 8.42. The van der Waals surface area contributed by atoms with Crippen molar-refractivity contribution in [2.75, 3.05) is 24.6 Å². The van der Waals surface area contributed by atoms with E-state index in [2.05, 4.69) is 14.9 Å². The van der Waals surface area contributed by atoms with Gasteiger partial charge in [-0.2, -0.15) is 0 Å². The molecule has 0 aromatic carbocycles. The topological polar surface area (TPSA) is 73.1 Å². The summed E-state index contributed by atoms with van der Waals surface area (Å²) in [5.41, 5.74) is 1.16. The molecule has 126 valence electrons. The molecule has 7 nitrogen and oxygen atoms in total. The van der Waals surface area contributed by atoms with E-state index in [1.165, 1.54) is 25.2 Å². The summed E-state index contributed by atoms with van der Waals surface area (Å²) in [5, 5.41) is 0. The van der Waals surface area contributed by atoms with Gasteiger partial charge < -0.3 is 9.64 Å². The Hall–Kier alpha value is -2.28. The molecule has 4 rings (SSSR count). The van der Waals surface area contributed by atoms with Gasteiger partial charge in [0.15, 0.2) is 0 Å². The fraction of sp³-hybridized carbons (Fsp3) is 0.529. The molecule has 0 bridgehead atoms. The highest BCUT2D eigenvalue weighted by atomic mass is 16.5. The van der Waals surface area contributed by atoms with Gasteiger partial charge in [0.2, 0.25) is 5.95 Å². The highest BCUT2D eigenvalue weighted by Gasteiger charge is 2.30. The zero-order valence-electron chi connectivity index (χ0n) is 13.8. The van der Waals surface area contributed by atoms with E-state index in [4.69, 9.17) is 9.72 Å². The average Bonchev–Trinajstić information content (AvgIpc) is 3.42. The number of hydrogen-bond acceptors (Lipinski definition) is 6. The third kappa shape index (κ3) is 3.17. The van der Waals surface area contributed by atoms with Crippen LogP contribution in [-0.2, 0) is 11.8 Å². The number of anilines is 1. The molecule has 2 aliphatic rings. The first kappa shape index (κ1) is 15.3. The molecule has 3 heterocycles. The molecule has 2 fully saturated rings. The summed E-state index contributed by atoms with van der Waals surface area (Å²) >= 11 is 0. The summed E-state index contributed by atoms with van der Waals surface area (Å²) in [6.45, 7) is 2.20. The molecular weight excluding hydrogens is 306 g/mol. The molecule has 0 spiro atoms. The van der Waals surface area contributed by atoms with Crippen molar-refractivity contribution in [3.63, 3.8) is 0 Å². The van der Waals surface area contributed by atoms with Gasteiger partial charge in [0.25, 0.3) is 5.56 Å². The van der Waals surface area contributed by atoms with Gasteiger partial charge >= 0.3 is 0 Å². The predicted octanol–water partition coefficient (Wildman–Crippen LogP) is 1.24. The molecule has 0 N–H and O–H groups in total. The molecule has 1 saturated heterocycles. The lowest BCUT2D eigenvalue weighted by Gasteiger charge is -2.34. The van der Waals surface area contributed by atoms with Crippen molar-refractivity contribution in [1.29, 1.82) is 0 Å². The fourth-order valence-electron chi connectivity index (χ4n) is 3.15. The van der Waals surface area contributed by atoms with Crippen LogP contribution in [-0.4, -0.2) is 45.3 Å². The normalized spacial score (nSPS) is 21.0. The summed E-state index contributed by atoms with van der Waals surface area (Å²) in [7, 11) is 1.76. The quantitative estimate of drug-likeness (QED) is 0.841. The average molecular weight is 327 g/mol. The molecule has 1 unspecified atom stereocenters. The standard InChI is InChI=1S/C17H21N5O2/c1-21-16(23)9-15(14-4-5-18-11-19-14)20-17(21)22-6-7-24-13(10-22)8-12-2-3-12/h4-5,9,11-13H,2-3,6-8,10H2,1H3. The third-order valence-corrected chi connectivity index (χ3v) is 4.67. The number of aromatic nitrogens is 4. The summed E-state index contributed by atoms with van der Waals surface area (Å²) in [6, 6.07) is 3.29. The summed E-state index contributed by atoms with van der Waals surface area (Å²) in [6.07, 6.45) is 7.09. The van der Waals surface area contributed by atoms with E-state index in [1.807, 2.05) is 0 Å². The molecule has 2 aromatic heterocycles. The molecule has 2 aromatic rings. The number of hydrogen-bond donors (Lipinski definition) is 0. The van der Waals surface area contributed by atoms with Crippen molar-refractivity contribution in [2.24, 2.45) is 13.0 Å². The molecule has 1 atom stereocenters. The summed E-state index contributed by atoms with van der Waals surface area (Å²) in [4.78, 5) is 27.3. The minimum Gasteiger partial charge on any atom is -0.375 e. The molecule has 24 heavy (non-hydrogen) atoms. The first-order valence-electron chi connectivity index (χ1n) is 8.42. The Kier molecular flexibility index (Phi) is 4.02. The molecule has 1 aliphatic carbocycles. The van der Waals surface area contributed by atoms with Crippen LogP contribution in [0.1, 0.15) is 19.3 Å². The Balaban J connectivity index is 1.63. The van der Waals surface area contributed by atoms with Gasteiger partial charge in [-0.1, -0.05) is 12.8 Å². The van der Waals surface area contributed by atoms with Crippen molar-refractivity contribution >= 4 is 5.95 Å². The molecule has 0 amide bonds. The maximum Gasteiger partial charge on any atom is 0.255 e. The second-order valence-corrected chi connectivity index (χ2v) is 6.55. The first-order chi connectivity index (χ1) is 11.7. The van der Waals surface area contributed by atoms with Gasteiger partial charge in [-0.25, -0.2) is 15.0 Å². The molecule has 7 heteroatoms. The van der Waals surface area contributed by atoms with Crippen LogP contribution >= 0.6 is 0 Å². The van der Waals surface area contributed by atoms with Gasteiger partial charge in [0.05, 0.1) is 24.1 Å². The fourth-order valence-corrected chi connectivity index (χ4v) is 3.15. The van der Waals surface area contributed by atoms with Crippen LogP contribution in [0.4, 0.5) is 5.95 Å². The van der Waals surface area contributed by atoms with E-state index in [0.717, 1.165) is 25.4 Å². The minimum absolute atomic E-state index is 0.0844. The zero-order chi connectivity index (χ0) is 16.5. The number of nitrogens with zero attached hydrogens (tertiary/aromatic N) is 5. The maximum absolute atomic E-state index is 12.4. The Bertz CT molecular complexity index is 772. The van der Waals surface area contributed by atoms with Crippen LogP contribution in [0.15, 0.2) is 29.5 Å². The van der Waals surface area contributed by atoms with E-state index in [-0.39, 0.29) is 11.7 Å². The van der Waals surface area contributed by atoms with Gasteiger partial charge in [0, 0.05) is 32.4 Å². The number of rotatable bonds is 4. The van der Waals surface area contributed by atoms with Crippen molar-refractivity contribution in [3.05, 3.63) is 35.0 Å². The van der Waals surface area contributed by atoms with E-state index in [9.17, 15) is 4.79 Å². The second-order valence-electron chi connectivity index (χ2n) is 6.55. The van der Waals surface area contributed by atoms with Gasteiger partial charge in [-0.3, -0.25) is 9.36 Å². The molecular formula is C17H21N5O2. The van der Waals surface area contributed by atoms with Crippen LogP contribution in [0, 0.1) is 5.92 Å². The van der Waals surface area contributed by atoms with Crippen molar-refractivity contribution < 1.29 is 4.74 Å². The largest absolute Gasteiger partial charge is 0.375 e. The van der Waals surface area contributed by atoms with Gasteiger partial charge in [0.1, 0.15) is 6.33 Å². The summed E-state index contributed by atoms with van der Waals surface area (Å²) < 4.78 is 7.49. The lowest BCUT2D eigenvalue weighted by atomic mass is 10.1. The zero-order valence-corrected chi connectivity index (χ0v) is 13.8. The summed E-state index contributed by atoms with van der Waals surface area (Å²) in [5.74, 6) is 1.50. The SMILES string of the molecule is Cn1c(N2CCOC(CC3CC3)C2)nc(-c2ccncn2)cc1=O. The number of ether oxygens (including phenoxy) is 1. The van der Waals surface area contributed by atoms with Crippen molar-refractivity contribution in [3.8, 4) is 11.4 Å². The highest BCUT2D eigenvalue weighted by molar-refractivity contribution is 5.55. The van der Waals surface area contributed by atoms with Gasteiger partial charge in [-0.15, -0.1) is 0 Å². The van der Waals surface area contributed by atoms with Crippen LogP contribution in [0.3, 0.4) is 0 Å². The Morgan fingerprint density at radius 3 is 2.96 bits per heavy atom. The van der Waals surface area contributed by atoms with Crippen LogP contribution in [0.5, 0.6) is 0 Å². The number of morpholine rings is 1. The van der Waals surface area contributed by atoms with E-state index < -0.39 is 0 Å². The highest BCUT2D eigenvalue weighted by Crippen LogP contribution is 2.35. The molecule has 1 aliphatic heterocycles. The lowest BCUT2D eigenvalue weighted by molar-refractivity contribution is 0.0309. The van der Waals surface area contributed by atoms with E-state index in [1.54, 1.807) is 23.9 Å². The van der Waals surface area contributed by atoms with Crippen LogP contribution < -0.4 is 10.5 Å². The van der Waals surface area contributed by atoms with E-state index >= 15 is 0 Å². The Morgan fingerprint density at radius 2 is 2.21 bits per heavy atom. The monoisotopic (exact) mass is 327 g/mol. The van der Waals surface area contributed by atoms with Crippen LogP contribution in [0.2, 0.25) is 0 Å². The van der Waals surface area contributed by atoms with Crippen molar-refractivity contribution in [2.45, 2.75) is 25.4 Å². The maximum atomic E-state index is 12.4. The lowest BCUT2D eigenvalue weighted by Crippen LogP contribution is -2.45. The Morgan fingerprint density at radius 1 is 1.33 bits per heavy atom. The van der Waals surface area contributed by atoms with Gasteiger partial charge in [-0.05, 0) is 18.4 Å². The van der Waals surface area contributed by atoms with Crippen molar-refractivity contribution in [1.82, 2.24) is 19.5 Å². The second kappa shape index (κ2) is 6.32. The smallest absolute Gasteiger partial charge is 0.255 e. The van der Waals surface area contributed by atoms with Crippen LogP contribution in [0.25, 0.3) is 11.4 Å².